The van der Waals surface area contributed by atoms with Crippen LogP contribution in [0, 0.1) is 0 Å². The number of rotatable bonds is 3. The standard InChI is InChI=1S/C18H26N2O2/c1-13(2)16-6-5-7-17(12-16)18(19-14(3)21)8-10-20(11-9-18)15(4)22/h5-7,12-13H,8-11H2,1-4H3,(H,19,21). The molecule has 1 fully saturated rings. The fourth-order valence-corrected chi connectivity index (χ4v) is 3.22. The van der Waals surface area contributed by atoms with Crippen molar-refractivity contribution in [3.05, 3.63) is 35.4 Å². The van der Waals surface area contributed by atoms with Gasteiger partial charge < -0.3 is 10.2 Å². The number of nitrogens with zero attached hydrogens (tertiary/aromatic N) is 1. The van der Waals surface area contributed by atoms with Crippen LogP contribution in [-0.4, -0.2) is 29.8 Å². The lowest BCUT2D eigenvalue weighted by Crippen LogP contribution is -2.53. The fraction of sp³-hybridized carbons (Fsp3) is 0.556. The number of amides is 2. The molecule has 1 aliphatic heterocycles. The summed E-state index contributed by atoms with van der Waals surface area (Å²) < 4.78 is 0. The van der Waals surface area contributed by atoms with E-state index in [4.69, 9.17) is 0 Å². The topological polar surface area (TPSA) is 49.4 Å². The van der Waals surface area contributed by atoms with E-state index in [0.717, 1.165) is 18.4 Å². The second-order valence-electron chi connectivity index (χ2n) is 6.55. The Bertz CT molecular complexity index is 558. The molecule has 1 saturated heterocycles. The summed E-state index contributed by atoms with van der Waals surface area (Å²) >= 11 is 0. The molecule has 0 radical (unpaired) electrons. The first kappa shape index (κ1) is 16.5. The van der Waals surface area contributed by atoms with Crippen molar-refractivity contribution < 1.29 is 9.59 Å². The molecule has 4 nitrogen and oxygen atoms in total. The average molecular weight is 302 g/mol. The first-order chi connectivity index (χ1) is 10.3. The SMILES string of the molecule is CC(=O)NC1(c2cccc(C(C)C)c2)CCN(C(C)=O)CC1. The van der Waals surface area contributed by atoms with E-state index in [1.54, 1.807) is 13.8 Å². The molecule has 2 amide bonds. The van der Waals surface area contributed by atoms with Crippen LogP contribution >= 0.6 is 0 Å². The predicted octanol–water partition coefficient (Wildman–Crippen LogP) is 2.78. The normalized spacial score (nSPS) is 17.4. The van der Waals surface area contributed by atoms with E-state index in [0.29, 0.717) is 19.0 Å². The van der Waals surface area contributed by atoms with Crippen LogP contribution in [0.5, 0.6) is 0 Å². The van der Waals surface area contributed by atoms with Crippen LogP contribution in [0.3, 0.4) is 0 Å². The Balaban J connectivity index is 2.33. The van der Waals surface area contributed by atoms with Crippen molar-refractivity contribution in [1.29, 1.82) is 0 Å². The minimum absolute atomic E-state index is 0.0220. The summed E-state index contributed by atoms with van der Waals surface area (Å²) in [5.74, 6) is 0.533. The summed E-state index contributed by atoms with van der Waals surface area (Å²) in [5.41, 5.74) is 2.07. The van der Waals surface area contributed by atoms with E-state index in [2.05, 4.69) is 43.4 Å². The Labute approximate surface area is 132 Å². The summed E-state index contributed by atoms with van der Waals surface area (Å²) in [7, 11) is 0. The van der Waals surface area contributed by atoms with Crippen LogP contribution in [0.4, 0.5) is 0 Å². The molecule has 1 heterocycles. The maximum Gasteiger partial charge on any atom is 0.219 e. The smallest absolute Gasteiger partial charge is 0.219 e. The van der Waals surface area contributed by atoms with Crippen molar-refractivity contribution in [3.8, 4) is 0 Å². The van der Waals surface area contributed by atoms with Crippen LogP contribution in [0.1, 0.15) is 57.6 Å². The lowest BCUT2D eigenvalue weighted by molar-refractivity contribution is -0.131. The first-order valence-corrected chi connectivity index (χ1v) is 7.99. The quantitative estimate of drug-likeness (QED) is 0.933. The number of carbonyl (C=O) groups excluding carboxylic acids is 2. The van der Waals surface area contributed by atoms with Gasteiger partial charge in [0.2, 0.25) is 11.8 Å². The van der Waals surface area contributed by atoms with Crippen molar-refractivity contribution in [2.24, 2.45) is 0 Å². The van der Waals surface area contributed by atoms with Crippen LogP contribution in [0.2, 0.25) is 0 Å². The molecule has 0 bridgehead atoms. The van der Waals surface area contributed by atoms with E-state index in [1.807, 2.05) is 4.90 Å². The molecule has 0 atom stereocenters. The summed E-state index contributed by atoms with van der Waals surface area (Å²) in [4.78, 5) is 25.1. The van der Waals surface area contributed by atoms with Gasteiger partial charge in [-0.1, -0.05) is 38.1 Å². The maximum atomic E-state index is 11.7. The van der Waals surface area contributed by atoms with Crippen molar-refractivity contribution in [3.63, 3.8) is 0 Å². The van der Waals surface area contributed by atoms with Gasteiger partial charge in [-0.2, -0.15) is 0 Å². The molecule has 120 valence electrons. The van der Waals surface area contributed by atoms with E-state index in [1.165, 1.54) is 5.56 Å². The molecule has 1 aromatic rings. The molecule has 0 aliphatic carbocycles. The number of benzene rings is 1. The van der Waals surface area contributed by atoms with Crippen molar-refractivity contribution in [2.75, 3.05) is 13.1 Å². The van der Waals surface area contributed by atoms with Gasteiger partial charge in [-0.15, -0.1) is 0 Å². The van der Waals surface area contributed by atoms with Gasteiger partial charge in [-0.3, -0.25) is 9.59 Å². The summed E-state index contributed by atoms with van der Waals surface area (Å²) in [5, 5.41) is 3.16. The summed E-state index contributed by atoms with van der Waals surface area (Å²) in [6.07, 6.45) is 1.52. The van der Waals surface area contributed by atoms with E-state index in [-0.39, 0.29) is 17.4 Å². The van der Waals surface area contributed by atoms with Gasteiger partial charge in [0.1, 0.15) is 0 Å². The van der Waals surface area contributed by atoms with Crippen LogP contribution in [0.25, 0.3) is 0 Å². The second kappa shape index (κ2) is 6.51. The Kier molecular flexibility index (Phi) is 4.89. The zero-order valence-electron chi connectivity index (χ0n) is 14.0. The molecule has 1 aromatic carbocycles. The second-order valence-corrected chi connectivity index (χ2v) is 6.55. The van der Waals surface area contributed by atoms with E-state index in [9.17, 15) is 9.59 Å². The molecular weight excluding hydrogens is 276 g/mol. The predicted molar refractivity (Wildman–Crippen MR) is 87.5 cm³/mol. The van der Waals surface area contributed by atoms with Crippen molar-refractivity contribution in [2.45, 2.75) is 52.0 Å². The van der Waals surface area contributed by atoms with E-state index >= 15 is 0 Å². The van der Waals surface area contributed by atoms with Gasteiger partial charge >= 0.3 is 0 Å². The molecule has 0 spiro atoms. The highest BCUT2D eigenvalue weighted by molar-refractivity contribution is 5.75. The zero-order chi connectivity index (χ0) is 16.3. The molecule has 22 heavy (non-hydrogen) atoms. The minimum Gasteiger partial charge on any atom is -0.347 e. The minimum atomic E-state index is -0.358. The lowest BCUT2D eigenvalue weighted by atomic mass is 9.79. The van der Waals surface area contributed by atoms with Crippen molar-refractivity contribution in [1.82, 2.24) is 10.2 Å². The van der Waals surface area contributed by atoms with Crippen LogP contribution < -0.4 is 5.32 Å². The number of likely N-dealkylation sites (tertiary alicyclic amines) is 1. The van der Waals surface area contributed by atoms with Gasteiger partial charge in [-0.05, 0) is 29.9 Å². The Morgan fingerprint density at radius 3 is 2.32 bits per heavy atom. The highest BCUT2D eigenvalue weighted by Gasteiger charge is 2.37. The summed E-state index contributed by atoms with van der Waals surface area (Å²) in [6.45, 7) is 8.87. The first-order valence-electron chi connectivity index (χ1n) is 7.99. The number of hydrogen-bond acceptors (Lipinski definition) is 2. The number of nitrogens with one attached hydrogen (secondary N) is 1. The summed E-state index contributed by atoms with van der Waals surface area (Å²) in [6, 6.07) is 8.47. The Hall–Kier alpha value is -1.84. The van der Waals surface area contributed by atoms with Gasteiger partial charge in [0.15, 0.2) is 0 Å². The third-order valence-corrected chi connectivity index (χ3v) is 4.58. The van der Waals surface area contributed by atoms with Gasteiger partial charge in [0, 0.05) is 26.9 Å². The molecule has 0 saturated carbocycles. The van der Waals surface area contributed by atoms with E-state index < -0.39 is 0 Å². The van der Waals surface area contributed by atoms with Crippen LogP contribution in [0.15, 0.2) is 24.3 Å². The lowest BCUT2D eigenvalue weighted by Gasteiger charge is -2.42. The molecule has 1 aliphatic rings. The molecule has 2 rings (SSSR count). The Morgan fingerprint density at radius 2 is 1.82 bits per heavy atom. The third-order valence-electron chi connectivity index (χ3n) is 4.58. The largest absolute Gasteiger partial charge is 0.347 e. The zero-order valence-corrected chi connectivity index (χ0v) is 14.0. The highest BCUT2D eigenvalue weighted by Crippen LogP contribution is 2.34. The molecule has 0 aromatic heterocycles. The number of carbonyl (C=O) groups is 2. The third kappa shape index (κ3) is 3.49. The highest BCUT2D eigenvalue weighted by atomic mass is 16.2. The molecular formula is C18H26N2O2. The molecule has 1 N–H and O–H groups in total. The average Bonchev–Trinajstić information content (AvgIpc) is 2.47. The maximum absolute atomic E-state index is 11.7. The fourth-order valence-electron chi connectivity index (χ4n) is 3.22. The van der Waals surface area contributed by atoms with Crippen molar-refractivity contribution >= 4 is 11.8 Å². The van der Waals surface area contributed by atoms with Gasteiger partial charge in [0.25, 0.3) is 0 Å². The molecule has 4 heteroatoms. The Morgan fingerprint density at radius 1 is 1.18 bits per heavy atom. The number of hydrogen-bond donors (Lipinski definition) is 1. The van der Waals surface area contributed by atoms with Crippen LogP contribution in [-0.2, 0) is 15.1 Å². The van der Waals surface area contributed by atoms with Gasteiger partial charge in [0.05, 0.1) is 5.54 Å². The molecule has 0 unspecified atom stereocenters. The monoisotopic (exact) mass is 302 g/mol. The van der Waals surface area contributed by atoms with Gasteiger partial charge in [-0.25, -0.2) is 0 Å². The number of piperidine rings is 1.